The number of hydrogen-bond acceptors (Lipinski definition) is 5. The van der Waals surface area contributed by atoms with Crippen molar-refractivity contribution in [3.05, 3.63) is 52.4 Å². The molecule has 0 aliphatic heterocycles. The summed E-state index contributed by atoms with van der Waals surface area (Å²) in [6.07, 6.45) is 1.35. The molecule has 0 saturated heterocycles. The van der Waals surface area contributed by atoms with E-state index in [-0.39, 0.29) is 16.6 Å². The number of primary amides is 1. The molecule has 2 aromatic heterocycles. The van der Waals surface area contributed by atoms with Gasteiger partial charge in [0, 0.05) is 6.20 Å². The van der Waals surface area contributed by atoms with Gasteiger partial charge in [0.1, 0.15) is 17.1 Å². The second kappa shape index (κ2) is 5.88. The molecule has 7 heteroatoms. The number of nitrogens with one attached hydrogen (secondary N) is 1. The summed E-state index contributed by atoms with van der Waals surface area (Å²) < 4.78 is 5.55. The number of carbonyl (C=O) groups is 1. The third-order valence-electron chi connectivity index (χ3n) is 3.30. The van der Waals surface area contributed by atoms with E-state index in [2.05, 4.69) is 15.0 Å². The van der Waals surface area contributed by atoms with Gasteiger partial charge in [-0.2, -0.15) is 0 Å². The topological polar surface area (TPSA) is 111 Å². The van der Waals surface area contributed by atoms with Gasteiger partial charge in [-0.1, -0.05) is 12.1 Å². The van der Waals surface area contributed by atoms with Crippen molar-refractivity contribution in [3.8, 4) is 17.1 Å². The van der Waals surface area contributed by atoms with Crippen LogP contribution in [0.1, 0.15) is 17.3 Å². The Morgan fingerprint density at radius 1 is 1.26 bits per heavy atom. The largest absolute Gasteiger partial charge is 0.493 e. The van der Waals surface area contributed by atoms with E-state index in [1.807, 2.05) is 13.0 Å². The smallest absolute Gasteiger partial charge is 0.277 e. The van der Waals surface area contributed by atoms with Crippen LogP contribution in [0.2, 0.25) is 0 Å². The molecular weight excluding hydrogens is 296 g/mol. The monoisotopic (exact) mass is 310 g/mol. The number of aromatic amines is 1. The highest BCUT2D eigenvalue weighted by Crippen LogP contribution is 2.27. The zero-order chi connectivity index (χ0) is 16.4. The standard InChI is InChI=1S/C16H14N4O3/c1-2-23-11-6-4-3-5-9(11)15-19-12-10(14(17)21)7-8-18-13(12)16(22)20-15/h3-8H,2H2,1H3,(H2,17,21)(H,19,20,22). The minimum atomic E-state index is -0.667. The molecular formula is C16H14N4O3. The molecule has 1 aromatic carbocycles. The maximum atomic E-state index is 12.3. The highest BCUT2D eigenvalue weighted by molar-refractivity contribution is 6.03. The van der Waals surface area contributed by atoms with Crippen molar-refractivity contribution >= 4 is 16.9 Å². The Labute approximate surface area is 131 Å². The van der Waals surface area contributed by atoms with Crippen LogP contribution in [0.15, 0.2) is 41.3 Å². The summed E-state index contributed by atoms with van der Waals surface area (Å²) in [7, 11) is 0. The molecule has 0 atom stereocenters. The highest BCUT2D eigenvalue weighted by atomic mass is 16.5. The van der Waals surface area contributed by atoms with E-state index in [9.17, 15) is 9.59 Å². The predicted octanol–water partition coefficient (Wildman–Crippen LogP) is 1.48. The molecule has 0 saturated carbocycles. The minimum Gasteiger partial charge on any atom is -0.493 e. The number of carbonyl (C=O) groups excluding carboxylic acids is 1. The van der Waals surface area contributed by atoms with Gasteiger partial charge < -0.3 is 15.5 Å². The van der Waals surface area contributed by atoms with Crippen LogP contribution in [-0.2, 0) is 0 Å². The predicted molar refractivity (Wildman–Crippen MR) is 85.3 cm³/mol. The summed E-state index contributed by atoms with van der Waals surface area (Å²) in [6.45, 7) is 2.34. The van der Waals surface area contributed by atoms with Gasteiger partial charge in [0.25, 0.3) is 11.5 Å². The Morgan fingerprint density at radius 2 is 2.04 bits per heavy atom. The van der Waals surface area contributed by atoms with Crippen LogP contribution in [0, 0.1) is 0 Å². The van der Waals surface area contributed by atoms with Gasteiger partial charge >= 0.3 is 0 Å². The summed E-state index contributed by atoms with van der Waals surface area (Å²) >= 11 is 0. The van der Waals surface area contributed by atoms with Crippen LogP contribution in [0.5, 0.6) is 5.75 Å². The summed E-state index contributed by atoms with van der Waals surface area (Å²) in [6, 6.07) is 8.62. The molecule has 0 bridgehead atoms. The van der Waals surface area contributed by atoms with Crippen LogP contribution >= 0.6 is 0 Å². The molecule has 0 aliphatic carbocycles. The van der Waals surface area contributed by atoms with E-state index in [4.69, 9.17) is 10.5 Å². The van der Waals surface area contributed by atoms with E-state index in [1.165, 1.54) is 12.3 Å². The van der Waals surface area contributed by atoms with E-state index in [0.29, 0.717) is 23.7 Å². The van der Waals surface area contributed by atoms with Gasteiger partial charge in [0.05, 0.1) is 17.7 Å². The maximum Gasteiger partial charge on any atom is 0.277 e. The first-order valence-electron chi connectivity index (χ1n) is 7.03. The number of ether oxygens (including phenoxy) is 1. The van der Waals surface area contributed by atoms with Crippen molar-refractivity contribution in [3.63, 3.8) is 0 Å². The van der Waals surface area contributed by atoms with E-state index in [1.54, 1.807) is 18.2 Å². The number of nitrogens with two attached hydrogens (primary N) is 1. The Kier molecular flexibility index (Phi) is 3.76. The molecule has 0 unspecified atom stereocenters. The molecule has 0 spiro atoms. The SMILES string of the molecule is CCOc1ccccc1-c1nc2c(C(N)=O)ccnc2c(=O)[nH]1. The van der Waals surface area contributed by atoms with Gasteiger partial charge in [0.15, 0.2) is 5.52 Å². The zero-order valence-electron chi connectivity index (χ0n) is 12.4. The molecule has 1 amide bonds. The Morgan fingerprint density at radius 3 is 2.78 bits per heavy atom. The quantitative estimate of drug-likeness (QED) is 0.758. The van der Waals surface area contributed by atoms with Crippen molar-refractivity contribution in [2.75, 3.05) is 6.61 Å². The van der Waals surface area contributed by atoms with E-state index in [0.717, 1.165) is 0 Å². The summed E-state index contributed by atoms with van der Waals surface area (Å²) in [5.74, 6) is 0.212. The summed E-state index contributed by atoms with van der Waals surface area (Å²) in [5.41, 5.74) is 5.91. The van der Waals surface area contributed by atoms with Gasteiger partial charge in [-0.25, -0.2) is 9.97 Å². The van der Waals surface area contributed by atoms with Crippen molar-refractivity contribution in [2.45, 2.75) is 6.92 Å². The Bertz CT molecular complexity index is 949. The fourth-order valence-electron chi connectivity index (χ4n) is 2.31. The average Bonchev–Trinajstić information content (AvgIpc) is 2.55. The first-order valence-corrected chi connectivity index (χ1v) is 7.03. The molecule has 0 fully saturated rings. The molecule has 0 aliphatic rings. The van der Waals surface area contributed by atoms with Crippen molar-refractivity contribution in [1.82, 2.24) is 15.0 Å². The number of aromatic nitrogens is 3. The van der Waals surface area contributed by atoms with Crippen molar-refractivity contribution in [1.29, 1.82) is 0 Å². The second-order valence-corrected chi connectivity index (χ2v) is 4.76. The average molecular weight is 310 g/mol. The van der Waals surface area contributed by atoms with Gasteiger partial charge in [-0.15, -0.1) is 0 Å². The van der Waals surface area contributed by atoms with Crippen molar-refractivity contribution in [2.24, 2.45) is 5.73 Å². The third-order valence-corrected chi connectivity index (χ3v) is 3.30. The lowest BCUT2D eigenvalue weighted by Crippen LogP contribution is -2.17. The lowest BCUT2D eigenvalue weighted by atomic mass is 10.1. The first-order chi connectivity index (χ1) is 11.1. The van der Waals surface area contributed by atoms with Crippen LogP contribution in [0.4, 0.5) is 0 Å². The summed E-state index contributed by atoms with van der Waals surface area (Å²) in [4.78, 5) is 34.8. The van der Waals surface area contributed by atoms with Gasteiger partial charge in [0.2, 0.25) is 0 Å². The third kappa shape index (κ3) is 2.64. The number of pyridine rings is 1. The number of nitrogens with zero attached hydrogens (tertiary/aromatic N) is 2. The normalized spacial score (nSPS) is 10.7. The minimum absolute atomic E-state index is 0.0685. The first kappa shape index (κ1) is 14.7. The molecule has 3 aromatic rings. The number of rotatable bonds is 4. The van der Waals surface area contributed by atoms with E-state index < -0.39 is 11.5 Å². The Hall–Kier alpha value is -3.22. The molecule has 3 N–H and O–H groups in total. The molecule has 2 heterocycles. The molecule has 23 heavy (non-hydrogen) atoms. The maximum absolute atomic E-state index is 12.3. The number of benzene rings is 1. The number of H-pyrrole nitrogens is 1. The molecule has 116 valence electrons. The molecule has 7 nitrogen and oxygen atoms in total. The fraction of sp³-hybridized carbons (Fsp3) is 0.125. The van der Waals surface area contributed by atoms with Gasteiger partial charge in [-0.3, -0.25) is 9.59 Å². The van der Waals surface area contributed by atoms with E-state index >= 15 is 0 Å². The number of para-hydroxylation sites is 1. The van der Waals surface area contributed by atoms with Crippen LogP contribution < -0.4 is 16.0 Å². The molecule has 0 radical (unpaired) electrons. The van der Waals surface area contributed by atoms with Crippen LogP contribution in [0.25, 0.3) is 22.4 Å². The van der Waals surface area contributed by atoms with Crippen LogP contribution in [-0.4, -0.2) is 27.5 Å². The second-order valence-electron chi connectivity index (χ2n) is 4.76. The van der Waals surface area contributed by atoms with Crippen LogP contribution in [0.3, 0.4) is 0 Å². The lowest BCUT2D eigenvalue weighted by molar-refractivity contribution is 0.100. The summed E-state index contributed by atoms with van der Waals surface area (Å²) in [5, 5.41) is 0. The number of amides is 1. The fourth-order valence-corrected chi connectivity index (χ4v) is 2.31. The Balaban J connectivity index is 2.30. The lowest BCUT2D eigenvalue weighted by Gasteiger charge is -2.10. The van der Waals surface area contributed by atoms with Gasteiger partial charge in [-0.05, 0) is 25.1 Å². The molecule has 3 rings (SSSR count). The van der Waals surface area contributed by atoms with Crippen molar-refractivity contribution < 1.29 is 9.53 Å². The zero-order valence-corrected chi connectivity index (χ0v) is 12.4. The number of fused-ring (bicyclic) bond motifs is 1. The highest BCUT2D eigenvalue weighted by Gasteiger charge is 2.15. The number of hydrogen-bond donors (Lipinski definition) is 2.